The number of carbonyl (C=O) groups excluding carboxylic acids is 1. The van der Waals surface area contributed by atoms with E-state index in [1.54, 1.807) is 0 Å². The van der Waals surface area contributed by atoms with E-state index in [9.17, 15) is 4.79 Å². The molecule has 0 aromatic heterocycles. The van der Waals surface area contributed by atoms with E-state index < -0.39 is 0 Å². The zero-order valence-corrected chi connectivity index (χ0v) is 13.2. The van der Waals surface area contributed by atoms with Gasteiger partial charge in [-0.3, -0.25) is 9.79 Å². The number of Topliss-reactive ketones (excluding diaryl/α,β-unsaturated/α-hetero) is 1. The molecule has 0 radical (unpaired) electrons. The normalized spacial score (nSPS) is 15.6. The van der Waals surface area contributed by atoms with Crippen LogP contribution in [0.5, 0.6) is 0 Å². The molecule has 0 rings (SSSR count). The molecule has 0 saturated heterocycles. The van der Waals surface area contributed by atoms with E-state index in [1.165, 1.54) is 6.92 Å². The number of nitrogens with one attached hydrogen (secondary N) is 3. The van der Waals surface area contributed by atoms with Gasteiger partial charge in [0, 0.05) is 19.5 Å². The fraction of sp³-hybridized carbons (Fsp3) is 0.846. The highest BCUT2D eigenvalue weighted by atomic mass is 16.1. The van der Waals surface area contributed by atoms with Crippen LogP contribution >= 0.6 is 0 Å². The maximum absolute atomic E-state index is 11.1. The number of hydrazine groups is 1. The molecule has 2 atom stereocenters. The third-order valence-corrected chi connectivity index (χ3v) is 3.04. The minimum Gasteiger partial charge on any atom is -0.312 e. The lowest BCUT2D eigenvalue weighted by Gasteiger charge is -2.31. The van der Waals surface area contributed by atoms with Crippen molar-refractivity contribution in [2.45, 2.75) is 53.1 Å². The highest BCUT2D eigenvalue weighted by Crippen LogP contribution is 2.24. The molecule has 0 aliphatic heterocycles. The van der Waals surface area contributed by atoms with Crippen molar-refractivity contribution in [3.63, 3.8) is 0 Å². The predicted molar refractivity (Wildman–Crippen MR) is 80.8 cm³/mol. The summed E-state index contributed by atoms with van der Waals surface area (Å²) in [5.41, 5.74) is 9.54. The Balaban J connectivity index is 4.13. The number of nitrogens with two attached hydrogens (primary N) is 1. The second-order valence-electron chi connectivity index (χ2n) is 5.97. The van der Waals surface area contributed by atoms with Gasteiger partial charge in [0.25, 0.3) is 0 Å². The fourth-order valence-corrected chi connectivity index (χ4v) is 2.03. The summed E-state index contributed by atoms with van der Waals surface area (Å²) in [5.74, 6) is 5.22. The lowest BCUT2D eigenvalue weighted by Crippen LogP contribution is -2.43. The van der Waals surface area contributed by atoms with Gasteiger partial charge in [-0.2, -0.15) is 5.11 Å². The van der Waals surface area contributed by atoms with Gasteiger partial charge < -0.3 is 10.7 Å². The second-order valence-corrected chi connectivity index (χ2v) is 5.97. The Morgan fingerprint density at radius 3 is 2.40 bits per heavy atom. The van der Waals surface area contributed by atoms with Gasteiger partial charge in [0.15, 0.2) is 11.6 Å². The van der Waals surface area contributed by atoms with Crippen LogP contribution in [0.25, 0.3) is 0 Å². The van der Waals surface area contributed by atoms with Crippen molar-refractivity contribution < 1.29 is 4.79 Å². The van der Waals surface area contributed by atoms with Crippen molar-refractivity contribution >= 4 is 11.6 Å². The summed E-state index contributed by atoms with van der Waals surface area (Å²) in [6.07, 6.45) is 0.789. The van der Waals surface area contributed by atoms with Gasteiger partial charge in [0.2, 0.25) is 0 Å². The topological polar surface area (TPSA) is 116 Å². The van der Waals surface area contributed by atoms with Gasteiger partial charge in [-0.1, -0.05) is 20.8 Å². The first-order valence-electron chi connectivity index (χ1n) is 6.86. The number of aliphatic imine (C=N–C) groups is 1. The lowest BCUT2D eigenvalue weighted by molar-refractivity contribution is -0.111. The Morgan fingerprint density at radius 1 is 1.40 bits per heavy atom. The summed E-state index contributed by atoms with van der Waals surface area (Å²) < 4.78 is 0. The van der Waals surface area contributed by atoms with Crippen LogP contribution in [0.15, 0.2) is 10.1 Å². The summed E-state index contributed by atoms with van der Waals surface area (Å²) in [6.45, 7) is 10.9. The highest BCUT2D eigenvalue weighted by Gasteiger charge is 2.29. The second kappa shape index (κ2) is 8.76. The molecular formula is C13H28N6O. The number of amidine groups is 1. The van der Waals surface area contributed by atoms with Crippen LogP contribution in [-0.2, 0) is 4.79 Å². The zero-order valence-electron chi connectivity index (χ0n) is 13.2. The molecule has 0 amide bonds. The molecule has 0 aliphatic carbocycles. The van der Waals surface area contributed by atoms with Gasteiger partial charge in [-0.25, -0.2) is 11.4 Å². The Kier molecular flexibility index (Phi) is 8.17. The van der Waals surface area contributed by atoms with Crippen molar-refractivity contribution in [1.29, 1.82) is 5.53 Å². The molecule has 0 fully saturated rings. The Bertz CT molecular complexity index is 347. The van der Waals surface area contributed by atoms with E-state index in [0.717, 1.165) is 13.0 Å². The van der Waals surface area contributed by atoms with E-state index in [1.807, 2.05) is 6.92 Å². The summed E-state index contributed by atoms with van der Waals surface area (Å²) >= 11 is 0. The summed E-state index contributed by atoms with van der Waals surface area (Å²) in [6, 6.07) is 0.0564. The molecule has 0 spiro atoms. The summed E-state index contributed by atoms with van der Waals surface area (Å²) in [4.78, 5) is 15.1. The smallest absolute Gasteiger partial charge is 0.195 e. The first-order valence-corrected chi connectivity index (χ1v) is 6.86. The molecule has 0 aliphatic rings. The predicted octanol–water partition coefficient (Wildman–Crippen LogP) is 1.25. The Labute approximate surface area is 121 Å². The third kappa shape index (κ3) is 6.72. The molecule has 0 aromatic rings. The maximum Gasteiger partial charge on any atom is 0.195 e. The molecule has 5 N–H and O–H groups in total. The SMILES string of the molecule is CC(=O)C(=NCCCNC(C)C(N=N)C(C)(C)C)NN. The Morgan fingerprint density at radius 2 is 2.00 bits per heavy atom. The molecule has 0 bridgehead atoms. The monoisotopic (exact) mass is 284 g/mol. The summed E-state index contributed by atoms with van der Waals surface area (Å²) in [7, 11) is 0. The van der Waals surface area contributed by atoms with E-state index >= 15 is 0 Å². The van der Waals surface area contributed by atoms with Crippen LogP contribution < -0.4 is 16.6 Å². The number of carbonyl (C=O) groups is 1. The molecule has 0 saturated carbocycles. The van der Waals surface area contributed by atoms with Gasteiger partial charge >= 0.3 is 0 Å². The molecule has 7 nitrogen and oxygen atoms in total. The van der Waals surface area contributed by atoms with E-state index in [2.05, 4.69) is 41.6 Å². The van der Waals surface area contributed by atoms with Crippen LogP contribution in [0.4, 0.5) is 0 Å². The highest BCUT2D eigenvalue weighted by molar-refractivity contribution is 6.37. The lowest BCUT2D eigenvalue weighted by atomic mass is 9.83. The molecule has 0 aromatic carbocycles. The van der Waals surface area contributed by atoms with Crippen molar-refractivity contribution in [1.82, 2.24) is 10.7 Å². The van der Waals surface area contributed by atoms with Crippen LogP contribution in [0.3, 0.4) is 0 Å². The quantitative estimate of drug-likeness (QED) is 0.134. The Hall–Kier alpha value is -1.34. The number of hydrogen-bond acceptors (Lipinski definition) is 6. The van der Waals surface area contributed by atoms with E-state index in [-0.39, 0.29) is 29.1 Å². The first kappa shape index (κ1) is 18.7. The maximum atomic E-state index is 11.1. The van der Waals surface area contributed by atoms with Gasteiger partial charge in [0.1, 0.15) is 0 Å². The minimum atomic E-state index is -0.172. The van der Waals surface area contributed by atoms with Crippen molar-refractivity contribution in [2.75, 3.05) is 13.1 Å². The van der Waals surface area contributed by atoms with Gasteiger partial charge in [-0.15, -0.1) is 0 Å². The average molecular weight is 284 g/mol. The molecule has 0 heterocycles. The number of rotatable bonds is 8. The standard InChI is InChI=1S/C13H28N6O/c1-9(11(18-14)13(3,4)5)16-7-6-8-17-12(19-15)10(2)20/h9,11,14,16H,6-8,15H2,1-5H3,(H,17,19). The van der Waals surface area contributed by atoms with Gasteiger partial charge in [0.05, 0.1) is 6.04 Å². The van der Waals surface area contributed by atoms with Crippen LogP contribution in [-0.4, -0.2) is 36.8 Å². The molecule has 2 unspecified atom stereocenters. The van der Waals surface area contributed by atoms with Crippen molar-refractivity contribution in [3.8, 4) is 0 Å². The average Bonchev–Trinajstić information content (AvgIpc) is 2.32. The van der Waals surface area contributed by atoms with Gasteiger partial charge in [-0.05, 0) is 25.3 Å². The molecule has 7 heteroatoms. The van der Waals surface area contributed by atoms with E-state index in [0.29, 0.717) is 6.54 Å². The van der Waals surface area contributed by atoms with Crippen LogP contribution in [0.2, 0.25) is 0 Å². The zero-order chi connectivity index (χ0) is 15.8. The number of nitrogens with zero attached hydrogens (tertiary/aromatic N) is 2. The largest absolute Gasteiger partial charge is 0.312 e. The summed E-state index contributed by atoms with van der Waals surface area (Å²) in [5, 5.41) is 7.05. The molecule has 20 heavy (non-hydrogen) atoms. The molecule has 116 valence electrons. The van der Waals surface area contributed by atoms with Crippen LogP contribution in [0, 0.1) is 10.9 Å². The number of hydrogen-bond donors (Lipinski definition) is 4. The first-order chi connectivity index (χ1) is 9.23. The van der Waals surface area contributed by atoms with Crippen molar-refractivity contribution in [2.24, 2.45) is 21.4 Å². The third-order valence-electron chi connectivity index (χ3n) is 3.04. The fourth-order valence-electron chi connectivity index (χ4n) is 2.03. The van der Waals surface area contributed by atoms with Crippen molar-refractivity contribution in [3.05, 3.63) is 0 Å². The minimum absolute atomic E-state index is 0.0441. The molecular weight excluding hydrogens is 256 g/mol. The number of ketones is 1. The van der Waals surface area contributed by atoms with Crippen LogP contribution in [0.1, 0.15) is 41.0 Å². The van der Waals surface area contributed by atoms with E-state index in [4.69, 9.17) is 11.4 Å².